The van der Waals surface area contributed by atoms with Gasteiger partial charge in [-0.15, -0.1) is 0 Å². The number of carbonyl (C=O) groups is 2. The van der Waals surface area contributed by atoms with Crippen LogP contribution in [-0.4, -0.2) is 33.1 Å². The molecular formula is C12H11ClN4O2S. The van der Waals surface area contributed by atoms with Gasteiger partial charge in [0, 0.05) is 0 Å². The van der Waals surface area contributed by atoms with Gasteiger partial charge in [-0.05, 0) is 18.6 Å². The van der Waals surface area contributed by atoms with E-state index in [0.717, 1.165) is 11.7 Å². The summed E-state index contributed by atoms with van der Waals surface area (Å²) in [5.41, 5.74) is 1.71. The minimum Gasteiger partial charge on any atom is -0.345 e. The van der Waals surface area contributed by atoms with E-state index in [4.69, 9.17) is 11.6 Å². The minimum absolute atomic E-state index is 0.0282. The fraction of sp³-hybridized carbons (Fsp3) is 0.333. The number of aromatic nitrogens is 2. The number of fused-ring (bicyclic) bond motifs is 1. The molecule has 3 rings (SSSR count). The first-order chi connectivity index (χ1) is 9.63. The van der Waals surface area contributed by atoms with Crippen molar-refractivity contribution in [2.45, 2.75) is 19.4 Å². The van der Waals surface area contributed by atoms with Gasteiger partial charge in [-0.1, -0.05) is 18.5 Å². The topological polar surface area (TPSA) is 75.2 Å². The maximum Gasteiger partial charge on any atom is 0.247 e. The largest absolute Gasteiger partial charge is 0.345 e. The van der Waals surface area contributed by atoms with Crippen LogP contribution in [0.1, 0.15) is 13.3 Å². The van der Waals surface area contributed by atoms with Gasteiger partial charge in [-0.25, -0.2) is 0 Å². The third kappa shape index (κ3) is 1.94. The van der Waals surface area contributed by atoms with Crippen molar-refractivity contribution < 1.29 is 9.59 Å². The summed E-state index contributed by atoms with van der Waals surface area (Å²) in [4.78, 5) is 25.6. The van der Waals surface area contributed by atoms with Gasteiger partial charge in [0.25, 0.3) is 0 Å². The molecule has 8 heteroatoms. The summed E-state index contributed by atoms with van der Waals surface area (Å²) < 4.78 is 8.35. The SMILES string of the molecule is CCC1C(=O)NCC(=O)N1c1c(Cl)ccc2nsnc12. The average Bonchev–Trinajstić information content (AvgIpc) is 2.90. The number of hydrogen-bond acceptors (Lipinski definition) is 5. The van der Waals surface area contributed by atoms with Crippen molar-refractivity contribution in [2.24, 2.45) is 0 Å². The molecule has 0 spiro atoms. The first-order valence-electron chi connectivity index (χ1n) is 6.14. The monoisotopic (exact) mass is 310 g/mol. The number of anilines is 1. The predicted molar refractivity (Wildman–Crippen MR) is 77.0 cm³/mol. The Morgan fingerprint density at radius 1 is 1.45 bits per heavy atom. The highest BCUT2D eigenvalue weighted by Gasteiger charge is 2.36. The molecule has 2 heterocycles. The van der Waals surface area contributed by atoms with Crippen molar-refractivity contribution in [2.75, 3.05) is 11.4 Å². The molecule has 1 unspecified atom stereocenters. The number of amides is 2. The number of carbonyl (C=O) groups excluding carboxylic acids is 2. The lowest BCUT2D eigenvalue weighted by atomic mass is 10.1. The number of hydrogen-bond donors (Lipinski definition) is 1. The molecule has 2 amide bonds. The van der Waals surface area contributed by atoms with E-state index in [1.165, 1.54) is 4.90 Å². The van der Waals surface area contributed by atoms with Crippen LogP contribution < -0.4 is 10.2 Å². The summed E-state index contributed by atoms with van der Waals surface area (Å²) in [7, 11) is 0. The maximum atomic E-state index is 12.2. The van der Waals surface area contributed by atoms with Gasteiger partial charge in [0.1, 0.15) is 17.1 Å². The van der Waals surface area contributed by atoms with Crippen molar-refractivity contribution >= 4 is 51.9 Å². The fourth-order valence-electron chi connectivity index (χ4n) is 2.35. The first kappa shape index (κ1) is 13.3. The first-order valence-corrected chi connectivity index (χ1v) is 7.25. The van der Waals surface area contributed by atoms with Gasteiger partial charge in [-0.3, -0.25) is 14.5 Å². The third-order valence-corrected chi connectivity index (χ3v) is 4.12. The Bertz CT molecular complexity index is 702. The second kappa shape index (κ2) is 4.99. The van der Waals surface area contributed by atoms with Crippen LogP contribution in [-0.2, 0) is 9.59 Å². The number of halogens is 1. The zero-order chi connectivity index (χ0) is 14.3. The summed E-state index contributed by atoms with van der Waals surface area (Å²) in [5, 5.41) is 2.98. The van der Waals surface area contributed by atoms with Crippen molar-refractivity contribution in [3.8, 4) is 0 Å². The molecular weight excluding hydrogens is 300 g/mol. The molecule has 1 aromatic carbocycles. The van der Waals surface area contributed by atoms with Crippen molar-refractivity contribution in [1.82, 2.24) is 14.1 Å². The van der Waals surface area contributed by atoms with Crippen LogP contribution in [0.2, 0.25) is 5.02 Å². The Morgan fingerprint density at radius 2 is 2.25 bits per heavy atom. The Kier molecular flexibility index (Phi) is 3.31. The zero-order valence-corrected chi connectivity index (χ0v) is 12.2. The molecule has 0 aliphatic carbocycles. The highest BCUT2D eigenvalue weighted by atomic mass is 35.5. The van der Waals surface area contributed by atoms with Crippen molar-refractivity contribution in [3.63, 3.8) is 0 Å². The Hall–Kier alpha value is -1.73. The lowest BCUT2D eigenvalue weighted by Crippen LogP contribution is -2.58. The third-order valence-electron chi connectivity index (χ3n) is 3.28. The predicted octanol–water partition coefficient (Wildman–Crippen LogP) is 1.59. The molecule has 0 radical (unpaired) electrons. The lowest BCUT2D eigenvalue weighted by Gasteiger charge is -2.34. The quantitative estimate of drug-likeness (QED) is 0.914. The van der Waals surface area contributed by atoms with Crippen LogP contribution in [0.25, 0.3) is 11.0 Å². The number of benzene rings is 1. The molecule has 0 bridgehead atoms. The number of rotatable bonds is 2. The standard InChI is InChI=1S/C12H11ClN4O2S/c1-2-8-12(19)14-5-9(18)17(8)11-6(13)3-4-7-10(11)16-20-15-7/h3-4,8H,2,5H2,1H3,(H,14,19). The van der Waals surface area contributed by atoms with Crippen LogP contribution in [0.4, 0.5) is 5.69 Å². The lowest BCUT2D eigenvalue weighted by molar-refractivity contribution is -0.131. The number of nitrogens with zero attached hydrogens (tertiary/aromatic N) is 3. The smallest absolute Gasteiger partial charge is 0.247 e. The molecule has 1 aliphatic rings. The van der Waals surface area contributed by atoms with Crippen molar-refractivity contribution in [3.05, 3.63) is 17.2 Å². The van der Waals surface area contributed by atoms with Gasteiger partial charge in [0.2, 0.25) is 11.8 Å². The second-order valence-electron chi connectivity index (χ2n) is 4.43. The second-order valence-corrected chi connectivity index (χ2v) is 5.37. The van der Waals surface area contributed by atoms with Crippen LogP contribution in [0.3, 0.4) is 0 Å². The summed E-state index contributed by atoms with van der Waals surface area (Å²) in [6.45, 7) is 1.82. The Labute approximate surface area is 124 Å². The van der Waals surface area contributed by atoms with Crippen LogP contribution in [0.15, 0.2) is 12.1 Å². The molecule has 1 aliphatic heterocycles. The number of piperazine rings is 1. The van der Waals surface area contributed by atoms with Gasteiger partial charge < -0.3 is 5.32 Å². The molecule has 104 valence electrons. The number of nitrogens with one attached hydrogen (secondary N) is 1. The summed E-state index contributed by atoms with van der Waals surface area (Å²) >= 11 is 7.29. The van der Waals surface area contributed by atoms with Crippen LogP contribution in [0.5, 0.6) is 0 Å². The van der Waals surface area contributed by atoms with E-state index in [1.807, 2.05) is 6.92 Å². The molecule has 2 aromatic rings. The highest BCUT2D eigenvalue weighted by molar-refractivity contribution is 7.00. The molecule has 1 N–H and O–H groups in total. The van der Waals surface area contributed by atoms with Crippen molar-refractivity contribution in [1.29, 1.82) is 0 Å². The van der Waals surface area contributed by atoms with E-state index < -0.39 is 6.04 Å². The minimum atomic E-state index is -0.568. The van der Waals surface area contributed by atoms with E-state index in [0.29, 0.717) is 28.2 Å². The van der Waals surface area contributed by atoms with Gasteiger partial charge in [0.05, 0.1) is 29.0 Å². The van der Waals surface area contributed by atoms with E-state index in [2.05, 4.69) is 14.1 Å². The molecule has 1 atom stereocenters. The summed E-state index contributed by atoms with van der Waals surface area (Å²) in [6, 6.07) is 2.86. The molecule has 1 fully saturated rings. The summed E-state index contributed by atoms with van der Waals surface area (Å²) in [6.07, 6.45) is 0.502. The fourth-order valence-corrected chi connectivity index (χ4v) is 3.13. The summed E-state index contributed by atoms with van der Waals surface area (Å²) in [5.74, 6) is -0.373. The van der Waals surface area contributed by atoms with E-state index in [9.17, 15) is 9.59 Å². The highest BCUT2D eigenvalue weighted by Crippen LogP contribution is 2.35. The molecule has 0 saturated carbocycles. The Morgan fingerprint density at radius 3 is 3.00 bits per heavy atom. The van der Waals surface area contributed by atoms with Crippen LogP contribution >= 0.6 is 23.3 Å². The Balaban J connectivity index is 2.21. The van der Waals surface area contributed by atoms with Crippen LogP contribution in [0, 0.1) is 0 Å². The zero-order valence-electron chi connectivity index (χ0n) is 10.6. The van der Waals surface area contributed by atoms with E-state index >= 15 is 0 Å². The van der Waals surface area contributed by atoms with Gasteiger partial charge in [0.15, 0.2) is 0 Å². The van der Waals surface area contributed by atoms with Gasteiger partial charge >= 0.3 is 0 Å². The molecule has 1 aromatic heterocycles. The maximum absolute atomic E-state index is 12.2. The average molecular weight is 311 g/mol. The van der Waals surface area contributed by atoms with Gasteiger partial charge in [-0.2, -0.15) is 8.75 Å². The normalized spacial score (nSPS) is 19.5. The van der Waals surface area contributed by atoms with E-state index in [-0.39, 0.29) is 18.4 Å². The molecule has 1 saturated heterocycles. The molecule has 20 heavy (non-hydrogen) atoms. The molecule has 6 nitrogen and oxygen atoms in total. The van der Waals surface area contributed by atoms with E-state index in [1.54, 1.807) is 12.1 Å².